The van der Waals surface area contributed by atoms with Crippen LogP contribution in [0, 0.1) is 10.1 Å². The van der Waals surface area contributed by atoms with Gasteiger partial charge >= 0.3 is 0 Å². The highest BCUT2D eigenvalue weighted by molar-refractivity contribution is 5.79. The van der Waals surface area contributed by atoms with Crippen molar-refractivity contribution in [3.8, 4) is 0 Å². The summed E-state index contributed by atoms with van der Waals surface area (Å²) >= 11 is 0. The molecule has 0 saturated heterocycles. The molecule has 116 valence electrons. The van der Waals surface area contributed by atoms with Crippen LogP contribution in [0.5, 0.6) is 0 Å². The molecule has 0 fully saturated rings. The van der Waals surface area contributed by atoms with Crippen LogP contribution in [-0.4, -0.2) is 40.0 Å². The number of nitro benzene ring substituents is 1. The molecule has 1 amide bonds. The summed E-state index contributed by atoms with van der Waals surface area (Å²) in [5.41, 5.74) is 0.597. The predicted molar refractivity (Wildman–Crippen MR) is 80.0 cm³/mol. The lowest BCUT2D eigenvalue weighted by Gasteiger charge is -2.30. The number of nitro groups is 1. The van der Waals surface area contributed by atoms with Gasteiger partial charge in [-0.3, -0.25) is 14.9 Å². The van der Waals surface area contributed by atoms with Gasteiger partial charge in [0.2, 0.25) is 5.91 Å². The Labute approximate surface area is 124 Å². The Morgan fingerprint density at radius 3 is 2.57 bits per heavy atom. The topological polar surface area (TPSA) is 83.7 Å². The normalized spacial score (nSPS) is 10.7. The van der Waals surface area contributed by atoms with Gasteiger partial charge < -0.3 is 10.0 Å². The second kappa shape index (κ2) is 8.36. The molecule has 0 aliphatic carbocycles. The lowest BCUT2D eigenvalue weighted by atomic mass is 10.1. The van der Waals surface area contributed by atoms with Crippen molar-refractivity contribution in [2.24, 2.45) is 0 Å². The monoisotopic (exact) mass is 294 g/mol. The molecule has 0 aliphatic heterocycles. The minimum absolute atomic E-state index is 0.0171. The van der Waals surface area contributed by atoms with Gasteiger partial charge in [-0.25, -0.2) is 0 Å². The summed E-state index contributed by atoms with van der Waals surface area (Å²) in [5.74, 6) is -0.113. The fraction of sp³-hybridized carbons (Fsp3) is 0.533. The van der Waals surface area contributed by atoms with Gasteiger partial charge in [-0.15, -0.1) is 0 Å². The molecule has 21 heavy (non-hydrogen) atoms. The van der Waals surface area contributed by atoms with E-state index in [2.05, 4.69) is 0 Å². The Balaban J connectivity index is 2.85. The van der Waals surface area contributed by atoms with Gasteiger partial charge in [0.1, 0.15) is 0 Å². The fourth-order valence-electron chi connectivity index (χ4n) is 2.40. The second-order valence-corrected chi connectivity index (χ2v) is 4.88. The Bertz CT molecular complexity index is 486. The van der Waals surface area contributed by atoms with E-state index in [-0.39, 0.29) is 30.7 Å². The summed E-state index contributed by atoms with van der Waals surface area (Å²) in [6.45, 7) is 4.20. The van der Waals surface area contributed by atoms with Crippen LogP contribution in [0.1, 0.15) is 32.3 Å². The first kappa shape index (κ1) is 17.1. The standard InChI is InChI=1S/C15H22N2O4/c1-3-13(4-2)16(8-9-18)15(19)11-12-6-5-7-14(10-12)17(20)21/h5-7,10,13,18H,3-4,8-9,11H2,1-2H3. The van der Waals surface area contributed by atoms with Gasteiger partial charge in [0.15, 0.2) is 0 Å². The van der Waals surface area contributed by atoms with Crippen molar-refractivity contribution in [2.45, 2.75) is 39.2 Å². The average molecular weight is 294 g/mol. The summed E-state index contributed by atoms with van der Waals surface area (Å²) in [6, 6.07) is 6.19. The molecule has 0 saturated carbocycles. The van der Waals surface area contributed by atoms with Crippen LogP contribution in [0.2, 0.25) is 0 Å². The molecule has 0 unspecified atom stereocenters. The maximum Gasteiger partial charge on any atom is 0.269 e. The highest BCUT2D eigenvalue weighted by Crippen LogP contribution is 2.16. The van der Waals surface area contributed by atoms with Crippen LogP contribution < -0.4 is 0 Å². The van der Waals surface area contributed by atoms with E-state index in [4.69, 9.17) is 5.11 Å². The Morgan fingerprint density at radius 1 is 1.38 bits per heavy atom. The lowest BCUT2D eigenvalue weighted by Crippen LogP contribution is -2.42. The van der Waals surface area contributed by atoms with E-state index in [0.717, 1.165) is 12.8 Å². The highest BCUT2D eigenvalue weighted by Gasteiger charge is 2.21. The van der Waals surface area contributed by atoms with Gasteiger partial charge in [0.25, 0.3) is 5.69 Å². The lowest BCUT2D eigenvalue weighted by molar-refractivity contribution is -0.384. The summed E-state index contributed by atoms with van der Waals surface area (Å²) in [5, 5.41) is 19.9. The van der Waals surface area contributed by atoms with Gasteiger partial charge in [0.05, 0.1) is 18.0 Å². The maximum atomic E-state index is 12.4. The summed E-state index contributed by atoms with van der Waals surface area (Å²) in [4.78, 5) is 24.3. The first-order valence-corrected chi connectivity index (χ1v) is 7.17. The van der Waals surface area contributed by atoms with Crippen molar-refractivity contribution in [2.75, 3.05) is 13.2 Å². The SMILES string of the molecule is CCC(CC)N(CCO)C(=O)Cc1cccc([N+](=O)[O-])c1. The number of benzene rings is 1. The fourth-order valence-corrected chi connectivity index (χ4v) is 2.40. The Hall–Kier alpha value is -1.95. The first-order chi connectivity index (χ1) is 10.0. The van der Waals surface area contributed by atoms with E-state index < -0.39 is 4.92 Å². The van der Waals surface area contributed by atoms with Crippen molar-refractivity contribution < 1.29 is 14.8 Å². The largest absolute Gasteiger partial charge is 0.395 e. The van der Waals surface area contributed by atoms with Crippen LogP contribution in [0.4, 0.5) is 5.69 Å². The molecule has 1 aromatic carbocycles. The number of rotatable bonds is 8. The molecule has 6 nitrogen and oxygen atoms in total. The summed E-state index contributed by atoms with van der Waals surface area (Å²) < 4.78 is 0. The number of carbonyl (C=O) groups excluding carboxylic acids is 1. The van der Waals surface area contributed by atoms with Crippen LogP contribution >= 0.6 is 0 Å². The Morgan fingerprint density at radius 2 is 2.05 bits per heavy atom. The number of aliphatic hydroxyl groups excluding tert-OH is 1. The predicted octanol–water partition coefficient (Wildman–Crippen LogP) is 2.15. The highest BCUT2D eigenvalue weighted by atomic mass is 16.6. The number of hydrogen-bond donors (Lipinski definition) is 1. The van der Waals surface area contributed by atoms with Gasteiger partial charge in [-0.2, -0.15) is 0 Å². The number of aliphatic hydroxyl groups is 1. The van der Waals surface area contributed by atoms with E-state index in [1.165, 1.54) is 12.1 Å². The zero-order valence-electron chi connectivity index (χ0n) is 12.5. The van der Waals surface area contributed by atoms with Crippen molar-refractivity contribution in [1.82, 2.24) is 4.90 Å². The van der Waals surface area contributed by atoms with Gasteiger partial charge in [-0.05, 0) is 18.4 Å². The molecule has 0 aliphatic rings. The minimum atomic E-state index is -0.472. The van der Waals surface area contributed by atoms with E-state index >= 15 is 0 Å². The molecule has 6 heteroatoms. The second-order valence-electron chi connectivity index (χ2n) is 4.88. The molecule has 1 aromatic rings. The van der Waals surface area contributed by atoms with E-state index in [1.54, 1.807) is 17.0 Å². The first-order valence-electron chi connectivity index (χ1n) is 7.17. The van der Waals surface area contributed by atoms with Crippen LogP contribution in [0.3, 0.4) is 0 Å². The molecular weight excluding hydrogens is 272 g/mol. The zero-order valence-corrected chi connectivity index (χ0v) is 12.5. The van der Waals surface area contributed by atoms with Crippen LogP contribution in [0.15, 0.2) is 24.3 Å². The number of non-ortho nitro benzene ring substituents is 1. The quantitative estimate of drug-likeness (QED) is 0.588. The molecule has 0 bridgehead atoms. The molecule has 1 N–H and O–H groups in total. The van der Waals surface area contributed by atoms with Crippen molar-refractivity contribution >= 4 is 11.6 Å². The van der Waals surface area contributed by atoms with E-state index in [0.29, 0.717) is 12.1 Å². The third-order valence-corrected chi connectivity index (χ3v) is 3.52. The maximum absolute atomic E-state index is 12.4. The summed E-state index contributed by atoms with van der Waals surface area (Å²) in [7, 11) is 0. The van der Waals surface area contributed by atoms with Crippen molar-refractivity contribution in [3.63, 3.8) is 0 Å². The molecular formula is C15H22N2O4. The number of carbonyl (C=O) groups is 1. The number of hydrogen-bond acceptors (Lipinski definition) is 4. The third-order valence-electron chi connectivity index (χ3n) is 3.52. The minimum Gasteiger partial charge on any atom is -0.395 e. The van der Waals surface area contributed by atoms with Crippen LogP contribution in [-0.2, 0) is 11.2 Å². The van der Waals surface area contributed by atoms with Crippen molar-refractivity contribution in [1.29, 1.82) is 0 Å². The van der Waals surface area contributed by atoms with E-state index in [1.807, 2.05) is 13.8 Å². The molecule has 1 rings (SSSR count). The molecule has 0 spiro atoms. The average Bonchev–Trinajstić information content (AvgIpc) is 2.47. The smallest absolute Gasteiger partial charge is 0.269 e. The molecule has 0 atom stereocenters. The number of nitrogens with zero attached hydrogens (tertiary/aromatic N) is 2. The molecule has 0 radical (unpaired) electrons. The number of amides is 1. The van der Waals surface area contributed by atoms with Crippen molar-refractivity contribution in [3.05, 3.63) is 39.9 Å². The van der Waals surface area contributed by atoms with Crippen LogP contribution in [0.25, 0.3) is 0 Å². The van der Waals surface area contributed by atoms with Gasteiger partial charge in [0, 0.05) is 24.7 Å². The van der Waals surface area contributed by atoms with E-state index in [9.17, 15) is 14.9 Å². The third kappa shape index (κ3) is 4.82. The zero-order chi connectivity index (χ0) is 15.8. The molecule has 0 aromatic heterocycles. The molecule has 0 heterocycles. The summed E-state index contributed by atoms with van der Waals surface area (Å²) in [6.07, 6.45) is 1.74. The Kier molecular flexibility index (Phi) is 6.81. The van der Waals surface area contributed by atoms with Gasteiger partial charge in [-0.1, -0.05) is 26.0 Å².